The third-order valence-corrected chi connectivity index (χ3v) is 3.77. The molecule has 2 heterocycles. The van der Waals surface area contributed by atoms with Gasteiger partial charge >= 0.3 is 5.97 Å². The summed E-state index contributed by atoms with van der Waals surface area (Å²) in [5, 5.41) is 0.835. The van der Waals surface area contributed by atoms with Crippen LogP contribution in [0.25, 0.3) is 10.9 Å². The summed E-state index contributed by atoms with van der Waals surface area (Å²) in [5.41, 5.74) is 2.57. The number of Topliss-reactive ketones (excluding diaryl/α,β-unsaturated/α-hetero) is 1. The molecule has 0 amide bonds. The molecule has 0 aliphatic rings. The minimum atomic E-state index is -0.551. The molecule has 0 bridgehead atoms. The van der Waals surface area contributed by atoms with Crippen LogP contribution in [0.15, 0.2) is 34.7 Å². The highest BCUT2D eigenvalue weighted by atomic mass is 16.5. The maximum absolute atomic E-state index is 12.4. The summed E-state index contributed by atoms with van der Waals surface area (Å²) in [6, 6.07) is 9.16. The second-order valence-corrected chi connectivity index (χ2v) is 5.50. The summed E-state index contributed by atoms with van der Waals surface area (Å²) < 4.78 is 10.5. The van der Waals surface area contributed by atoms with Crippen molar-refractivity contribution in [1.29, 1.82) is 0 Å². The van der Waals surface area contributed by atoms with E-state index in [-0.39, 0.29) is 12.4 Å². The molecule has 0 unspecified atom stereocenters. The van der Waals surface area contributed by atoms with Crippen molar-refractivity contribution in [3.05, 3.63) is 58.7 Å². The molecule has 0 fully saturated rings. The van der Waals surface area contributed by atoms with E-state index in [1.54, 1.807) is 19.9 Å². The first kappa shape index (κ1) is 15.1. The van der Waals surface area contributed by atoms with Crippen LogP contribution >= 0.6 is 0 Å². The van der Waals surface area contributed by atoms with Gasteiger partial charge in [-0.25, -0.2) is 4.79 Å². The first-order valence-electron chi connectivity index (χ1n) is 7.32. The summed E-state index contributed by atoms with van der Waals surface area (Å²) in [4.78, 5) is 27.7. The van der Waals surface area contributed by atoms with Crippen LogP contribution in [0.5, 0.6) is 0 Å². The van der Waals surface area contributed by atoms with E-state index in [4.69, 9.17) is 9.15 Å². The van der Waals surface area contributed by atoms with E-state index in [1.165, 1.54) is 0 Å². The van der Waals surface area contributed by atoms with Crippen molar-refractivity contribution in [3.63, 3.8) is 0 Å². The molecule has 3 rings (SSSR count). The average Bonchev–Trinajstić information content (AvgIpc) is 3.02. The number of rotatable bonds is 4. The predicted molar refractivity (Wildman–Crippen MR) is 85.8 cm³/mol. The van der Waals surface area contributed by atoms with E-state index in [0.29, 0.717) is 22.6 Å². The van der Waals surface area contributed by atoms with Crippen molar-refractivity contribution < 1.29 is 18.7 Å². The minimum Gasteiger partial charge on any atom is -0.466 e. The van der Waals surface area contributed by atoms with Gasteiger partial charge in [-0.2, -0.15) is 0 Å². The zero-order valence-electron chi connectivity index (χ0n) is 13.2. The summed E-state index contributed by atoms with van der Waals surface area (Å²) >= 11 is 0. The van der Waals surface area contributed by atoms with Crippen LogP contribution < -0.4 is 0 Å². The number of ketones is 1. The highest BCUT2D eigenvalue weighted by Gasteiger charge is 2.20. The molecule has 2 aromatic heterocycles. The van der Waals surface area contributed by atoms with E-state index < -0.39 is 5.97 Å². The zero-order valence-corrected chi connectivity index (χ0v) is 13.2. The van der Waals surface area contributed by atoms with Crippen LogP contribution in [0.1, 0.15) is 37.9 Å². The first-order chi connectivity index (χ1) is 11.0. The molecule has 0 aliphatic heterocycles. The number of carbonyl (C=O) groups is 2. The predicted octanol–water partition coefficient (Wildman–Crippen LogP) is 3.73. The second-order valence-electron chi connectivity index (χ2n) is 5.50. The van der Waals surface area contributed by atoms with Crippen LogP contribution in [0.2, 0.25) is 0 Å². The largest absolute Gasteiger partial charge is 0.466 e. The number of benzene rings is 1. The molecule has 118 valence electrons. The van der Waals surface area contributed by atoms with Gasteiger partial charge in [0.05, 0.1) is 0 Å². The van der Waals surface area contributed by atoms with Gasteiger partial charge in [-0.15, -0.1) is 0 Å². The molecule has 1 aromatic carbocycles. The molecule has 0 saturated carbocycles. The van der Waals surface area contributed by atoms with E-state index in [1.807, 2.05) is 31.2 Å². The Morgan fingerprint density at radius 2 is 1.91 bits per heavy atom. The number of nitrogens with one attached hydrogen (secondary N) is 1. The number of aromatic amines is 1. The van der Waals surface area contributed by atoms with Gasteiger partial charge in [0.25, 0.3) is 0 Å². The Balaban J connectivity index is 1.78. The summed E-state index contributed by atoms with van der Waals surface area (Å²) in [7, 11) is 0. The molecule has 5 nitrogen and oxygen atoms in total. The van der Waals surface area contributed by atoms with E-state index in [9.17, 15) is 9.59 Å². The first-order valence-corrected chi connectivity index (χ1v) is 7.32. The molecule has 1 N–H and O–H groups in total. The van der Waals surface area contributed by atoms with Gasteiger partial charge in [-0.1, -0.05) is 18.2 Å². The van der Waals surface area contributed by atoms with E-state index in [2.05, 4.69) is 4.98 Å². The number of hydrogen-bond donors (Lipinski definition) is 1. The lowest BCUT2D eigenvalue weighted by molar-refractivity contribution is 0.0473. The molecule has 0 radical (unpaired) electrons. The number of furan rings is 1. The Hall–Kier alpha value is -2.82. The van der Waals surface area contributed by atoms with Crippen molar-refractivity contribution in [2.24, 2.45) is 0 Å². The van der Waals surface area contributed by atoms with E-state index >= 15 is 0 Å². The summed E-state index contributed by atoms with van der Waals surface area (Å²) in [5.74, 6) is 0.341. The number of para-hydroxylation sites is 1. The molecular formula is C18H17NO4. The van der Waals surface area contributed by atoms with Gasteiger partial charge in [0.1, 0.15) is 17.1 Å². The number of ether oxygens (including phenoxy) is 1. The van der Waals surface area contributed by atoms with Crippen molar-refractivity contribution in [2.45, 2.75) is 20.8 Å². The van der Waals surface area contributed by atoms with Crippen molar-refractivity contribution in [1.82, 2.24) is 4.98 Å². The molecule has 0 atom stereocenters. The molecule has 5 heteroatoms. The number of H-pyrrole nitrogens is 1. The van der Waals surface area contributed by atoms with Crippen LogP contribution in [-0.2, 0) is 4.74 Å². The zero-order chi connectivity index (χ0) is 16.6. The van der Waals surface area contributed by atoms with Crippen molar-refractivity contribution >= 4 is 22.7 Å². The Bertz CT molecular complexity index is 901. The average molecular weight is 311 g/mol. The summed E-state index contributed by atoms with van der Waals surface area (Å²) in [6.45, 7) is 4.98. The number of carbonyl (C=O) groups excluding carboxylic acids is 2. The highest BCUT2D eigenvalue weighted by molar-refractivity contribution is 6.10. The van der Waals surface area contributed by atoms with Gasteiger partial charge in [0.2, 0.25) is 5.78 Å². The fourth-order valence-electron chi connectivity index (χ4n) is 2.75. The minimum absolute atomic E-state index is 0.230. The third kappa shape index (κ3) is 2.77. The van der Waals surface area contributed by atoms with Crippen LogP contribution in [-0.4, -0.2) is 23.3 Å². The molecular weight excluding hydrogens is 294 g/mol. The Morgan fingerprint density at radius 1 is 1.17 bits per heavy atom. The van der Waals surface area contributed by atoms with E-state index in [0.717, 1.165) is 16.6 Å². The van der Waals surface area contributed by atoms with Gasteiger partial charge in [0, 0.05) is 22.2 Å². The SMILES string of the molecule is Cc1cc(C(=O)OCC(=O)c2c(C)[nH]c3ccccc23)c(C)o1. The lowest BCUT2D eigenvalue weighted by Gasteiger charge is -2.04. The molecule has 0 aliphatic carbocycles. The summed E-state index contributed by atoms with van der Waals surface area (Å²) in [6.07, 6.45) is 0. The van der Waals surface area contributed by atoms with Crippen LogP contribution in [0.4, 0.5) is 0 Å². The Morgan fingerprint density at radius 3 is 2.61 bits per heavy atom. The van der Waals surface area contributed by atoms with Gasteiger partial charge in [-0.05, 0) is 32.9 Å². The van der Waals surface area contributed by atoms with Crippen LogP contribution in [0.3, 0.4) is 0 Å². The fourth-order valence-corrected chi connectivity index (χ4v) is 2.75. The number of aromatic nitrogens is 1. The lowest BCUT2D eigenvalue weighted by Crippen LogP contribution is -2.15. The fraction of sp³-hybridized carbons (Fsp3) is 0.222. The standard InChI is InChI=1S/C18H17NO4/c1-10-8-14(12(3)23-10)18(21)22-9-16(20)17-11(2)19-15-7-5-4-6-13(15)17/h4-8,19H,9H2,1-3H3. The van der Waals surface area contributed by atoms with Gasteiger partial charge < -0.3 is 14.1 Å². The lowest BCUT2D eigenvalue weighted by atomic mass is 10.1. The number of hydrogen-bond acceptors (Lipinski definition) is 4. The maximum Gasteiger partial charge on any atom is 0.342 e. The number of esters is 1. The van der Waals surface area contributed by atoms with Crippen molar-refractivity contribution in [2.75, 3.05) is 6.61 Å². The normalized spacial score (nSPS) is 10.9. The Kier molecular flexibility index (Phi) is 3.78. The molecule has 0 saturated heterocycles. The van der Waals surface area contributed by atoms with Gasteiger partial charge in [-0.3, -0.25) is 4.79 Å². The van der Waals surface area contributed by atoms with Gasteiger partial charge in [0.15, 0.2) is 6.61 Å². The molecule has 3 aromatic rings. The van der Waals surface area contributed by atoms with Crippen molar-refractivity contribution in [3.8, 4) is 0 Å². The quantitative estimate of drug-likeness (QED) is 0.588. The highest BCUT2D eigenvalue weighted by Crippen LogP contribution is 2.22. The maximum atomic E-state index is 12.4. The molecule has 23 heavy (non-hydrogen) atoms. The third-order valence-electron chi connectivity index (χ3n) is 3.77. The topological polar surface area (TPSA) is 72.3 Å². The monoisotopic (exact) mass is 311 g/mol. The van der Waals surface area contributed by atoms with Crippen LogP contribution in [0, 0.1) is 20.8 Å². The number of fused-ring (bicyclic) bond motifs is 1. The molecule has 0 spiro atoms. The smallest absolute Gasteiger partial charge is 0.342 e. The number of aryl methyl sites for hydroxylation is 3. The second kappa shape index (κ2) is 5.76. The Labute approximate surface area is 133 Å².